The Balaban J connectivity index is 2.18. The number of rotatable bonds is 0. The number of carbonyl (C=O) groups excluding carboxylic acids is 1. The van der Waals surface area contributed by atoms with Crippen LogP contribution in [0.3, 0.4) is 0 Å². The minimum absolute atomic E-state index is 0.0142. The van der Waals surface area contributed by atoms with Gasteiger partial charge in [0.25, 0.3) is 0 Å². The van der Waals surface area contributed by atoms with Crippen LogP contribution in [0.25, 0.3) is 0 Å². The average Bonchev–Trinajstić information content (AvgIpc) is 2.53. The topological polar surface area (TPSA) is 30.0 Å². The van der Waals surface area contributed by atoms with Crippen molar-refractivity contribution >= 4 is 17.4 Å². The molecular weight excluding hydrogens is 234 g/mol. The van der Waals surface area contributed by atoms with Crippen LogP contribution in [0.4, 0.5) is 0 Å². The number of ketones is 1. The van der Waals surface area contributed by atoms with Crippen molar-refractivity contribution < 1.29 is 4.79 Å². The Morgan fingerprint density at radius 3 is 2.71 bits per heavy atom. The lowest BCUT2D eigenvalue weighted by atomic mass is 9.72. The zero-order valence-electron chi connectivity index (χ0n) is 10.1. The van der Waals surface area contributed by atoms with E-state index in [0.29, 0.717) is 11.6 Å². The van der Waals surface area contributed by atoms with Crippen molar-refractivity contribution in [1.82, 2.24) is 4.98 Å². The first-order valence-electron chi connectivity index (χ1n) is 6.33. The van der Waals surface area contributed by atoms with Gasteiger partial charge in [0.2, 0.25) is 0 Å². The zero-order valence-corrected chi connectivity index (χ0v) is 10.8. The van der Waals surface area contributed by atoms with E-state index in [9.17, 15) is 4.79 Å². The van der Waals surface area contributed by atoms with Crippen LogP contribution in [0.1, 0.15) is 60.1 Å². The third-order valence-electron chi connectivity index (χ3n) is 4.28. The number of pyridine rings is 1. The van der Waals surface area contributed by atoms with Gasteiger partial charge in [-0.05, 0) is 31.4 Å². The van der Waals surface area contributed by atoms with Crippen LogP contribution in [-0.2, 0) is 5.41 Å². The van der Waals surface area contributed by atoms with E-state index < -0.39 is 0 Å². The Bertz CT molecular complexity index is 489. The van der Waals surface area contributed by atoms with Crippen LogP contribution in [0, 0.1) is 6.92 Å². The molecule has 0 aromatic carbocycles. The molecule has 1 spiro atoms. The van der Waals surface area contributed by atoms with Gasteiger partial charge in [-0.1, -0.05) is 30.9 Å². The number of halogens is 1. The van der Waals surface area contributed by atoms with Gasteiger partial charge < -0.3 is 0 Å². The fourth-order valence-electron chi connectivity index (χ4n) is 3.49. The summed E-state index contributed by atoms with van der Waals surface area (Å²) in [7, 11) is 0. The fraction of sp³-hybridized carbons (Fsp3) is 0.571. The molecule has 2 aliphatic carbocycles. The molecule has 1 saturated carbocycles. The van der Waals surface area contributed by atoms with E-state index >= 15 is 0 Å². The number of aryl methyl sites for hydroxylation is 1. The lowest BCUT2D eigenvalue weighted by Gasteiger charge is -2.32. The Labute approximate surface area is 106 Å². The molecule has 0 aliphatic heterocycles. The highest BCUT2D eigenvalue weighted by molar-refractivity contribution is 6.29. The molecule has 3 rings (SSSR count). The molecule has 0 atom stereocenters. The first-order chi connectivity index (χ1) is 8.12. The summed E-state index contributed by atoms with van der Waals surface area (Å²) in [5, 5.41) is 0.529. The minimum atomic E-state index is 0.0142. The highest BCUT2D eigenvalue weighted by atomic mass is 35.5. The maximum atomic E-state index is 12.2. The van der Waals surface area contributed by atoms with E-state index in [-0.39, 0.29) is 11.2 Å². The first kappa shape index (κ1) is 11.2. The van der Waals surface area contributed by atoms with E-state index in [1.165, 1.54) is 19.3 Å². The van der Waals surface area contributed by atoms with Crippen LogP contribution in [0.2, 0.25) is 5.15 Å². The molecule has 90 valence electrons. The Kier molecular flexibility index (Phi) is 2.51. The summed E-state index contributed by atoms with van der Waals surface area (Å²) in [6, 6.07) is 1.81. The molecule has 0 N–H and O–H groups in total. The summed E-state index contributed by atoms with van der Waals surface area (Å²) >= 11 is 6.06. The van der Waals surface area contributed by atoms with Crippen molar-refractivity contribution in [2.75, 3.05) is 0 Å². The van der Waals surface area contributed by atoms with Gasteiger partial charge in [-0.3, -0.25) is 4.79 Å². The molecule has 0 bridgehead atoms. The van der Waals surface area contributed by atoms with Crippen LogP contribution in [0.15, 0.2) is 6.07 Å². The lowest BCUT2D eigenvalue weighted by molar-refractivity contribution is 0.0961. The molecule has 1 aromatic heterocycles. The van der Waals surface area contributed by atoms with Gasteiger partial charge in [-0.15, -0.1) is 0 Å². The van der Waals surface area contributed by atoms with Gasteiger partial charge in [0.05, 0.1) is 5.69 Å². The summed E-state index contributed by atoms with van der Waals surface area (Å²) in [6.07, 6.45) is 6.54. The molecule has 1 aromatic rings. The first-order valence-corrected chi connectivity index (χ1v) is 6.71. The maximum absolute atomic E-state index is 12.2. The SMILES string of the molecule is Cc1cc(Cl)nc2c1C(=O)CC21CCCCC1. The number of hydrogen-bond donors (Lipinski definition) is 0. The molecule has 3 heteroatoms. The van der Waals surface area contributed by atoms with Gasteiger partial charge in [-0.25, -0.2) is 4.98 Å². The minimum Gasteiger partial charge on any atom is -0.294 e. The van der Waals surface area contributed by atoms with Crippen LogP contribution in [0.5, 0.6) is 0 Å². The molecule has 0 unspecified atom stereocenters. The largest absolute Gasteiger partial charge is 0.294 e. The Hall–Kier alpha value is -0.890. The van der Waals surface area contributed by atoms with E-state index in [1.807, 2.05) is 6.92 Å². The molecule has 0 radical (unpaired) electrons. The fourth-order valence-corrected chi connectivity index (χ4v) is 3.74. The second-order valence-corrected chi connectivity index (χ2v) is 5.81. The number of nitrogens with zero attached hydrogens (tertiary/aromatic N) is 1. The third kappa shape index (κ3) is 1.61. The molecule has 0 saturated heterocycles. The van der Waals surface area contributed by atoms with Crippen LogP contribution < -0.4 is 0 Å². The number of carbonyl (C=O) groups is 1. The number of aromatic nitrogens is 1. The maximum Gasteiger partial charge on any atom is 0.165 e. The summed E-state index contributed by atoms with van der Waals surface area (Å²) < 4.78 is 0. The van der Waals surface area contributed by atoms with Gasteiger partial charge in [0.15, 0.2) is 5.78 Å². The van der Waals surface area contributed by atoms with Gasteiger partial charge >= 0.3 is 0 Å². The summed E-state index contributed by atoms with van der Waals surface area (Å²) in [6.45, 7) is 1.96. The predicted octanol–water partition coefficient (Wildman–Crippen LogP) is 3.83. The normalized spacial score (nSPS) is 21.9. The highest BCUT2D eigenvalue weighted by Gasteiger charge is 2.45. The molecule has 1 heterocycles. The summed E-state index contributed by atoms with van der Waals surface area (Å²) in [5.74, 6) is 0.267. The van der Waals surface area contributed by atoms with Gasteiger partial charge in [-0.2, -0.15) is 0 Å². The highest BCUT2D eigenvalue weighted by Crippen LogP contribution is 2.48. The zero-order chi connectivity index (χ0) is 12.0. The predicted molar refractivity (Wildman–Crippen MR) is 67.7 cm³/mol. The van der Waals surface area contributed by atoms with E-state index in [0.717, 1.165) is 29.7 Å². The van der Waals surface area contributed by atoms with Crippen molar-refractivity contribution in [3.8, 4) is 0 Å². The molecule has 2 nitrogen and oxygen atoms in total. The summed E-state index contributed by atoms with van der Waals surface area (Å²) in [4.78, 5) is 16.7. The lowest BCUT2D eigenvalue weighted by Crippen LogP contribution is -2.27. The third-order valence-corrected chi connectivity index (χ3v) is 4.47. The second-order valence-electron chi connectivity index (χ2n) is 5.43. The number of fused-ring (bicyclic) bond motifs is 2. The van der Waals surface area contributed by atoms with Crippen molar-refractivity contribution in [1.29, 1.82) is 0 Å². The monoisotopic (exact) mass is 249 g/mol. The van der Waals surface area contributed by atoms with E-state index in [2.05, 4.69) is 4.98 Å². The van der Waals surface area contributed by atoms with Crippen molar-refractivity contribution in [2.24, 2.45) is 0 Å². The molecule has 0 amide bonds. The van der Waals surface area contributed by atoms with Crippen molar-refractivity contribution in [3.05, 3.63) is 28.0 Å². The van der Waals surface area contributed by atoms with E-state index in [1.54, 1.807) is 6.07 Å². The van der Waals surface area contributed by atoms with Crippen molar-refractivity contribution in [2.45, 2.75) is 50.9 Å². The molecule has 17 heavy (non-hydrogen) atoms. The Morgan fingerprint density at radius 2 is 2.00 bits per heavy atom. The Morgan fingerprint density at radius 1 is 1.29 bits per heavy atom. The molecule has 1 fully saturated rings. The van der Waals surface area contributed by atoms with E-state index in [4.69, 9.17) is 11.6 Å². The standard InChI is InChI=1S/C14H16ClNO/c1-9-7-11(15)16-13-12(9)10(17)8-14(13)5-3-2-4-6-14/h7H,2-6,8H2,1H3. The van der Waals surface area contributed by atoms with Crippen molar-refractivity contribution in [3.63, 3.8) is 0 Å². The molecule has 2 aliphatic rings. The second kappa shape index (κ2) is 3.81. The quantitative estimate of drug-likeness (QED) is 0.654. The van der Waals surface area contributed by atoms with Crippen LogP contribution in [-0.4, -0.2) is 10.8 Å². The number of Topliss-reactive ketones (excluding diaryl/α,β-unsaturated/α-hetero) is 1. The smallest absolute Gasteiger partial charge is 0.165 e. The van der Waals surface area contributed by atoms with Gasteiger partial charge in [0.1, 0.15) is 5.15 Å². The van der Waals surface area contributed by atoms with Crippen LogP contribution >= 0.6 is 11.6 Å². The molecular formula is C14H16ClNO. The number of hydrogen-bond acceptors (Lipinski definition) is 2. The average molecular weight is 250 g/mol. The van der Waals surface area contributed by atoms with Gasteiger partial charge in [0, 0.05) is 17.4 Å². The summed E-state index contributed by atoms with van der Waals surface area (Å²) in [5.41, 5.74) is 2.86.